The minimum absolute atomic E-state index is 0.333. The van der Waals surface area contributed by atoms with E-state index in [1.165, 1.54) is 5.56 Å². The summed E-state index contributed by atoms with van der Waals surface area (Å²) >= 11 is 0. The van der Waals surface area contributed by atoms with Crippen molar-refractivity contribution < 1.29 is 4.74 Å². The first-order valence-corrected chi connectivity index (χ1v) is 4.18. The van der Waals surface area contributed by atoms with Gasteiger partial charge in [0.05, 0.1) is 0 Å². The average molecular weight is 191 g/mol. The molecule has 0 radical (unpaired) electrons. The highest BCUT2D eigenvalue weighted by Crippen LogP contribution is 2.21. The Morgan fingerprint density at radius 3 is 2.57 bits per heavy atom. The van der Waals surface area contributed by atoms with E-state index in [-0.39, 0.29) is 5.96 Å². The maximum atomic E-state index is 6.06. The Kier molecular flexibility index (Phi) is 3.55. The number of benzene rings is 1. The number of rotatable bonds is 0. The normalized spacial score (nSPS) is 11.7. The van der Waals surface area contributed by atoms with Crippen LogP contribution < -0.4 is 16.2 Å². The maximum Gasteiger partial charge on any atom is 0.183 e. The Bertz CT molecular complexity index is 343. The Morgan fingerprint density at radius 2 is 1.93 bits per heavy atom. The minimum Gasteiger partial charge on any atom is -0.489 e. The van der Waals surface area contributed by atoms with Crippen LogP contribution in [0.2, 0.25) is 0 Å². The second-order valence-corrected chi connectivity index (χ2v) is 2.71. The van der Waals surface area contributed by atoms with E-state index in [9.17, 15) is 0 Å². The molecule has 4 nitrogen and oxygen atoms in total. The second kappa shape index (κ2) is 4.91. The molecule has 2 rings (SSSR count). The van der Waals surface area contributed by atoms with Crippen molar-refractivity contribution in [1.29, 1.82) is 5.41 Å². The molecular weight excluding hydrogens is 178 g/mol. The molecule has 1 aromatic carbocycles. The highest BCUT2D eigenvalue weighted by atomic mass is 16.5. The first kappa shape index (κ1) is 10.1. The molecule has 0 spiro atoms. The number of para-hydroxylation sites is 1. The van der Waals surface area contributed by atoms with Crippen LogP contribution in [-0.4, -0.2) is 12.6 Å². The summed E-state index contributed by atoms with van der Waals surface area (Å²) in [6.07, 6.45) is 4.10. The number of guanidine groups is 1. The summed E-state index contributed by atoms with van der Waals surface area (Å²) < 4.78 is 5.34. The smallest absolute Gasteiger partial charge is 0.183 e. The topological polar surface area (TPSA) is 85.1 Å². The quantitative estimate of drug-likeness (QED) is 0.421. The van der Waals surface area contributed by atoms with Crippen molar-refractivity contribution in [2.24, 2.45) is 11.5 Å². The summed E-state index contributed by atoms with van der Waals surface area (Å²) in [4.78, 5) is 0. The van der Waals surface area contributed by atoms with Crippen LogP contribution in [0.1, 0.15) is 5.56 Å². The first-order valence-electron chi connectivity index (χ1n) is 4.18. The Balaban J connectivity index is 0.000000213. The van der Waals surface area contributed by atoms with Gasteiger partial charge in [0.2, 0.25) is 0 Å². The van der Waals surface area contributed by atoms with Gasteiger partial charge in [-0.2, -0.15) is 0 Å². The molecule has 0 atom stereocenters. The Hall–Kier alpha value is -1.97. The summed E-state index contributed by atoms with van der Waals surface area (Å²) in [6, 6.07) is 8.03. The van der Waals surface area contributed by atoms with E-state index in [0.717, 1.165) is 5.75 Å². The lowest BCUT2D eigenvalue weighted by atomic mass is 10.1. The van der Waals surface area contributed by atoms with Gasteiger partial charge in [-0.05, 0) is 12.1 Å². The van der Waals surface area contributed by atoms with Gasteiger partial charge >= 0.3 is 0 Å². The molecule has 14 heavy (non-hydrogen) atoms. The van der Waals surface area contributed by atoms with Crippen LogP contribution in [0.15, 0.2) is 30.3 Å². The zero-order chi connectivity index (χ0) is 10.4. The van der Waals surface area contributed by atoms with E-state index >= 15 is 0 Å². The van der Waals surface area contributed by atoms with E-state index in [4.69, 9.17) is 10.1 Å². The average Bonchev–Trinajstić information content (AvgIpc) is 2.17. The maximum absolute atomic E-state index is 6.06. The van der Waals surface area contributed by atoms with E-state index in [0.29, 0.717) is 6.61 Å². The highest BCUT2D eigenvalue weighted by Gasteiger charge is 2.01. The van der Waals surface area contributed by atoms with Crippen molar-refractivity contribution >= 4 is 12.0 Å². The van der Waals surface area contributed by atoms with E-state index in [1.54, 1.807) is 0 Å². The van der Waals surface area contributed by atoms with Crippen LogP contribution in [0.5, 0.6) is 5.75 Å². The van der Waals surface area contributed by atoms with Crippen molar-refractivity contribution in [3.05, 3.63) is 35.9 Å². The summed E-state index contributed by atoms with van der Waals surface area (Å²) in [5.41, 5.74) is 10.1. The standard InChI is InChI=1S/C9H8O.CH5N3/c1-2-6-9-8(4-1)5-3-7-10-9;2-1(3)4/h1-6H,7H2;(H5,2,3,4). The molecule has 1 heterocycles. The van der Waals surface area contributed by atoms with Crippen LogP contribution in [0.25, 0.3) is 6.08 Å². The molecule has 74 valence electrons. The Morgan fingerprint density at radius 1 is 1.29 bits per heavy atom. The fourth-order valence-corrected chi connectivity index (χ4v) is 1.06. The molecular formula is C10H13N3O. The van der Waals surface area contributed by atoms with Crippen molar-refractivity contribution in [3.63, 3.8) is 0 Å². The zero-order valence-electron chi connectivity index (χ0n) is 7.73. The molecule has 0 aromatic heterocycles. The molecule has 0 fully saturated rings. The van der Waals surface area contributed by atoms with Crippen molar-refractivity contribution in [1.82, 2.24) is 0 Å². The summed E-state index contributed by atoms with van der Waals surface area (Å²) in [7, 11) is 0. The number of fused-ring (bicyclic) bond motifs is 1. The first-order chi connectivity index (χ1) is 6.70. The predicted molar refractivity (Wildman–Crippen MR) is 57.1 cm³/mol. The van der Waals surface area contributed by atoms with Crippen LogP contribution in [-0.2, 0) is 0 Å². The van der Waals surface area contributed by atoms with Crippen molar-refractivity contribution in [2.45, 2.75) is 0 Å². The molecule has 0 bridgehead atoms. The zero-order valence-corrected chi connectivity index (χ0v) is 7.73. The summed E-state index contributed by atoms with van der Waals surface area (Å²) in [6.45, 7) is 0.705. The van der Waals surface area contributed by atoms with Gasteiger partial charge in [-0.3, -0.25) is 5.41 Å². The van der Waals surface area contributed by atoms with Gasteiger partial charge in [-0.15, -0.1) is 0 Å². The summed E-state index contributed by atoms with van der Waals surface area (Å²) in [5.74, 6) is 0.657. The highest BCUT2D eigenvalue weighted by molar-refractivity contribution is 5.71. The fraction of sp³-hybridized carbons (Fsp3) is 0.100. The van der Waals surface area contributed by atoms with Gasteiger partial charge < -0.3 is 16.2 Å². The molecule has 0 saturated carbocycles. The third-order valence-corrected chi connectivity index (χ3v) is 1.55. The van der Waals surface area contributed by atoms with Gasteiger partial charge in [0, 0.05) is 5.56 Å². The molecule has 1 aliphatic heterocycles. The molecule has 1 aliphatic rings. The van der Waals surface area contributed by atoms with Gasteiger partial charge in [0.25, 0.3) is 0 Å². The van der Waals surface area contributed by atoms with E-state index in [2.05, 4.69) is 17.5 Å². The Labute approximate surface area is 82.7 Å². The van der Waals surface area contributed by atoms with Gasteiger partial charge in [-0.1, -0.05) is 24.3 Å². The second-order valence-electron chi connectivity index (χ2n) is 2.71. The molecule has 0 amide bonds. The molecule has 5 N–H and O–H groups in total. The number of hydrogen-bond donors (Lipinski definition) is 3. The fourth-order valence-electron chi connectivity index (χ4n) is 1.06. The van der Waals surface area contributed by atoms with Crippen LogP contribution in [0.4, 0.5) is 0 Å². The summed E-state index contributed by atoms with van der Waals surface area (Å²) in [5, 5.41) is 6.06. The number of nitrogens with two attached hydrogens (primary N) is 2. The minimum atomic E-state index is -0.333. The van der Waals surface area contributed by atoms with Crippen LogP contribution >= 0.6 is 0 Å². The van der Waals surface area contributed by atoms with Crippen molar-refractivity contribution in [3.8, 4) is 5.75 Å². The lowest BCUT2D eigenvalue weighted by Gasteiger charge is -2.10. The monoisotopic (exact) mass is 191 g/mol. The van der Waals surface area contributed by atoms with Gasteiger partial charge in [0.15, 0.2) is 5.96 Å². The molecule has 0 saturated heterocycles. The third kappa shape index (κ3) is 3.18. The SMILES string of the molecule is C1=Cc2ccccc2OC1.N=C(N)N. The van der Waals surface area contributed by atoms with Crippen LogP contribution in [0.3, 0.4) is 0 Å². The van der Waals surface area contributed by atoms with Gasteiger partial charge in [0.1, 0.15) is 12.4 Å². The third-order valence-electron chi connectivity index (χ3n) is 1.55. The predicted octanol–water partition coefficient (Wildman–Crippen LogP) is 0.931. The number of hydrogen-bond acceptors (Lipinski definition) is 2. The lowest BCUT2D eigenvalue weighted by molar-refractivity contribution is 0.358. The molecule has 4 heteroatoms. The van der Waals surface area contributed by atoms with E-state index in [1.807, 2.05) is 30.3 Å². The number of nitrogens with one attached hydrogen (secondary N) is 1. The number of ether oxygens (including phenoxy) is 1. The van der Waals surface area contributed by atoms with Crippen LogP contribution in [0, 0.1) is 5.41 Å². The largest absolute Gasteiger partial charge is 0.489 e. The lowest BCUT2D eigenvalue weighted by Crippen LogP contribution is -2.20. The molecule has 1 aromatic rings. The van der Waals surface area contributed by atoms with Gasteiger partial charge in [-0.25, -0.2) is 0 Å². The van der Waals surface area contributed by atoms with Crippen molar-refractivity contribution in [2.75, 3.05) is 6.61 Å². The molecule has 0 aliphatic carbocycles. The van der Waals surface area contributed by atoms with E-state index < -0.39 is 0 Å². The molecule has 0 unspecified atom stereocenters.